The Balaban J connectivity index is 1.68. The zero-order valence-electron chi connectivity index (χ0n) is 13.8. The van der Waals surface area contributed by atoms with Gasteiger partial charge in [0.1, 0.15) is 5.82 Å². The smallest absolute Gasteiger partial charge is 0.227 e. The van der Waals surface area contributed by atoms with Crippen LogP contribution in [0.5, 0.6) is 0 Å². The van der Waals surface area contributed by atoms with Crippen molar-refractivity contribution in [3.8, 4) is 0 Å². The van der Waals surface area contributed by atoms with Gasteiger partial charge in [-0.15, -0.1) is 0 Å². The Morgan fingerprint density at radius 2 is 1.83 bits per heavy atom. The fourth-order valence-electron chi connectivity index (χ4n) is 2.72. The van der Waals surface area contributed by atoms with Crippen LogP contribution in [0.25, 0.3) is 6.08 Å². The van der Waals surface area contributed by atoms with E-state index in [1.165, 1.54) is 11.6 Å². The van der Waals surface area contributed by atoms with Crippen LogP contribution in [0.2, 0.25) is 0 Å². The lowest BCUT2D eigenvalue weighted by Gasteiger charge is -2.29. The Kier molecular flexibility index (Phi) is 4.74. The Morgan fingerprint density at radius 1 is 1.08 bits per heavy atom. The normalized spacial score (nSPS) is 14.7. The summed E-state index contributed by atoms with van der Waals surface area (Å²) in [6.07, 6.45) is 5.42. The number of rotatable bonds is 3. The van der Waals surface area contributed by atoms with Crippen molar-refractivity contribution in [1.82, 2.24) is 9.97 Å². The summed E-state index contributed by atoms with van der Waals surface area (Å²) >= 11 is 0. The van der Waals surface area contributed by atoms with E-state index in [4.69, 9.17) is 0 Å². The quantitative estimate of drug-likeness (QED) is 0.862. The molecule has 4 nitrogen and oxygen atoms in total. The maximum atomic E-state index is 13.3. The van der Waals surface area contributed by atoms with Gasteiger partial charge >= 0.3 is 0 Å². The number of benzene rings is 1. The number of piperidine rings is 1. The molecule has 1 aliphatic rings. The van der Waals surface area contributed by atoms with E-state index < -0.39 is 11.6 Å². The molecule has 0 radical (unpaired) electrons. The highest BCUT2D eigenvalue weighted by molar-refractivity contribution is 5.54. The van der Waals surface area contributed by atoms with Crippen LogP contribution in [0, 0.1) is 11.6 Å². The fourth-order valence-corrected chi connectivity index (χ4v) is 2.72. The first-order valence-electron chi connectivity index (χ1n) is 7.93. The number of hydrogen-bond donors (Lipinski definition) is 0. The second-order valence-corrected chi connectivity index (χ2v) is 6.07. The Bertz CT molecular complexity index is 748. The molecule has 24 heavy (non-hydrogen) atoms. The van der Waals surface area contributed by atoms with Gasteiger partial charge in [0.15, 0.2) is 11.6 Å². The summed E-state index contributed by atoms with van der Waals surface area (Å²) in [5.74, 6) is -0.0169. The summed E-state index contributed by atoms with van der Waals surface area (Å²) in [7, 11) is 3.90. The summed E-state index contributed by atoms with van der Waals surface area (Å²) in [6.45, 7) is 1.62. The molecule has 0 bridgehead atoms. The maximum Gasteiger partial charge on any atom is 0.227 e. The lowest BCUT2D eigenvalue weighted by Crippen LogP contribution is -2.32. The van der Waals surface area contributed by atoms with E-state index in [2.05, 4.69) is 14.9 Å². The summed E-state index contributed by atoms with van der Waals surface area (Å²) in [4.78, 5) is 13.0. The first-order chi connectivity index (χ1) is 11.5. The number of aromatic nitrogens is 2. The Labute approximate surface area is 140 Å². The van der Waals surface area contributed by atoms with Crippen LogP contribution in [-0.4, -0.2) is 37.2 Å². The fraction of sp³-hybridized carbons (Fsp3) is 0.333. The minimum absolute atomic E-state index is 0.697. The summed E-state index contributed by atoms with van der Waals surface area (Å²) in [6, 6.07) is 5.87. The van der Waals surface area contributed by atoms with E-state index in [1.807, 2.05) is 31.1 Å². The number of anilines is 2. The third-order valence-corrected chi connectivity index (χ3v) is 4.09. The minimum atomic E-state index is -0.815. The van der Waals surface area contributed by atoms with Crippen molar-refractivity contribution >= 4 is 17.8 Å². The Hall–Kier alpha value is -2.50. The lowest BCUT2D eigenvalue weighted by atomic mass is 10.0. The topological polar surface area (TPSA) is 32.3 Å². The van der Waals surface area contributed by atoms with Crippen molar-refractivity contribution in [2.75, 3.05) is 37.0 Å². The SMILES string of the molecule is CN(C)c1ccnc(N2CCC(=Cc3ccc(F)c(F)c3)CC2)n1. The van der Waals surface area contributed by atoms with Crippen molar-refractivity contribution in [1.29, 1.82) is 0 Å². The van der Waals surface area contributed by atoms with Gasteiger partial charge in [0.2, 0.25) is 5.95 Å². The van der Waals surface area contributed by atoms with Gasteiger partial charge in [0.05, 0.1) is 0 Å². The molecule has 0 aliphatic carbocycles. The molecule has 1 saturated heterocycles. The van der Waals surface area contributed by atoms with E-state index in [0.717, 1.165) is 43.8 Å². The highest BCUT2D eigenvalue weighted by atomic mass is 19.2. The molecule has 1 fully saturated rings. The van der Waals surface area contributed by atoms with E-state index in [-0.39, 0.29) is 0 Å². The second kappa shape index (κ2) is 6.95. The zero-order chi connectivity index (χ0) is 17.1. The van der Waals surface area contributed by atoms with E-state index >= 15 is 0 Å². The van der Waals surface area contributed by atoms with Gasteiger partial charge in [0, 0.05) is 33.4 Å². The van der Waals surface area contributed by atoms with E-state index in [0.29, 0.717) is 5.56 Å². The van der Waals surface area contributed by atoms with Crippen molar-refractivity contribution in [2.45, 2.75) is 12.8 Å². The highest BCUT2D eigenvalue weighted by Gasteiger charge is 2.17. The first kappa shape index (κ1) is 16.4. The third-order valence-electron chi connectivity index (χ3n) is 4.09. The summed E-state index contributed by atoms with van der Waals surface area (Å²) < 4.78 is 26.3. The van der Waals surface area contributed by atoms with E-state index in [9.17, 15) is 8.78 Å². The van der Waals surface area contributed by atoms with Crippen LogP contribution < -0.4 is 9.80 Å². The van der Waals surface area contributed by atoms with Gasteiger partial charge in [-0.25, -0.2) is 13.8 Å². The lowest BCUT2D eigenvalue weighted by molar-refractivity contribution is 0.508. The van der Waals surface area contributed by atoms with Crippen molar-refractivity contribution in [3.63, 3.8) is 0 Å². The number of hydrogen-bond acceptors (Lipinski definition) is 4. The predicted molar refractivity (Wildman–Crippen MR) is 92.1 cm³/mol. The summed E-state index contributed by atoms with van der Waals surface area (Å²) in [5, 5.41) is 0. The molecule has 1 aromatic heterocycles. The molecule has 2 heterocycles. The van der Waals surface area contributed by atoms with Crippen LogP contribution in [-0.2, 0) is 0 Å². The van der Waals surface area contributed by atoms with Crippen molar-refractivity contribution < 1.29 is 8.78 Å². The molecule has 0 N–H and O–H groups in total. The second-order valence-electron chi connectivity index (χ2n) is 6.07. The monoisotopic (exact) mass is 330 g/mol. The molecule has 126 valence electrons. The number of halogens is 2. The molecule has 0 unspecified atom stereocenters. The van der Waals surface area contributed by atoms with Gasteiger partial charge in [0.25, 0.3) is 0 Å². The molecule has 0 spiro atoms. The standard InChI is InChI=1S/C18H20F2N4/c1-23(2)17-5-8-21-18(22-17)24-9-6-13(7-10-24)11-14-3-4-15(19)16(20)12-14/h3-5,8,11-12H,6-7,9-10H2,1-2H3. The van der Waals surface area contributed by atoms with Crippen LogP contribution in [0.3, 0.4) is 0 Å². The number of nitrogens with zero attached hydrogens (tertiary/aromatic N) is 4. The highest BCUT2D eigenvalue weighted by Crippen LogP contribution is 2.23. The van der Waals surface area contributed by atoms with Gasteiger partial charge in [-0.05, 0) is 36.6 Å². The molecule has 1 aliphatic heterocycles. The van der Waals surface area contributed by atoms with Crippen molar-refractivity contribution in [3.05, 3.63) is 53.2 Å². The zero-order valence-corrected chi connectivity index (χ0v) is 13.8. The van der Waals surface area contributed by atoms with Gasteiger partial charge in [-0.3, -0.25) is 0 Å². The van der Waals surface area contributed by atoms with Crippen LogP contribution in [0.15, 0.2) is 36.0 Å². The van der Waals surface area contributed by atoms with Gasteiger partial charge in [-0.1, -0.05) is 17.7 Å². The summed E-state index contributed by atoms with van der Waals surface area (Å²) in [5.41, 5.74) is 1.92. The molecule has 0 saturated carbocycles. The third kappa shape index (κ3) is 3.69. The van der Waals surface area contributed by atoms with Crippen LogP contribution in [0.4, 0.5) is 20.5 Å². The molecular weight excluding hydrogens is 310 g/mol. The van der Waals surface area contributed by atoms with Gasteiger partial charge < -0.3 is 9.80 Å². The minimum Gasteiger partial charge on any atom is -0.363 e. The average Bonchev–Trinajstić information content (AvgIpc) is 2.59. The largest absolute Gasteiger partial charge is 0.363 e. The molecule has 3 rings (SSSR count). The maximum absolute atomic E-state index is 13.3. The predicted octanol–water partition coefficient (Wildman–Crippen LogP) is 3.50. The van der Waals surface area contributed by atoms with E-state index in [1.54, 1.807) is 12.3 Å². The molecule has 2 aromatic rings. The van der Waals surface area contributed by atoms with Crippen molar-refractivity contribution in [2.24, 2.45) is 0 Å². The Morgan fingerprint density at radius 3 is 2.50 bits per heavy atom. The van der Waals surface area contributed by atoms with Gasteiger partial charge in [-0.2, -0.15) is 4.98 Å². The molecule has 0 amide bonds. The van der Waals surface area contributed by atoms with Crippen LogP contribution in [0.1, 0.15) is 18.4 Å². The average molecular weight is 330 g/mol. The first-order valence-corrected chi connectivity index (χ1v) is 7.93. The molecular formula is C18H20F2N4. The molecule has 6 heteroatoms. The van der Waals surface area contributed by atoms with Crippen LogP contribution >= 0.6 is 0 Å². The molecule has 0 atom stereocenters. The molecule has 1 aromatic carbocycles.